The van der Waals surface area contributed by atoms with E-state index in [1.54, 1.807) is 24.3 Å². The van der Waals surface area contributed by atoms with Gasteiger partial charge in [0.1, 0.15) is 18.5 Å². The average molecular weight is 292 g/mol. The zero-order valence-corrected chi connectivity index (χ0v) is 12.7. The molecule has 0 heterocycles. The van der Waals surface area contributed by atoms with E-state index < -0.39 is 6.10 Å². The Kier molecular flexibility index (Phi) is 7.76. The molecule has 0 aliphatic rings. The number of rotatable bonds is 9. The second kappa shape index (κ2) is 9.35. The molecule has 0 radical (unpaired) electrons. The number of benzene rings is 1. The fourth-order valence-electron chi connectivity index (χ4n) is 2.01. The third-order valence-corrected chi connectivity index (χ3v) is 3.18. The van der Waals surface area contributed by atoms with Gasteiger partial charge < -0.3 is 14.9 Å². The Balaban J connectivity index is 2.44. The van der Waals surface area contributed by atoms with Crippen LogP contribution < -0.4 is 4.74 Å². The molecule has 0 spiro atoms. The van der Waals surface area contributed by atoms with Gasteiger partial charge in [-0.05, 0) is 38.5 Å². The van der Waals surface area contributed by atoms with Crippen molar-refractivity contribution in [3.8, 4) is 11.8 Å². The minimum Gasteiger partial charge on any atom is -0.491 e. The zero-order chi connectivity index (χ0) is 15.7. The van der Waals surface area contributed by atoms with Gasteiger partial charge in [0, 0.05) is 25.7 Å². The van der Waals surface area contributed by atoms with Gasteiger partial charge in [0.25, 0.3) is 0 Å². The molecule has 0 saturated carbocycles. The summed E-state index contributed by atoms with van der Waals surface area (Å²) in [5.74, 6) is 0.583. The van der Waals surface area contributed by atoms with Crippen molar-refractivity contribution in [1.82, 2.24) is 4.90 Å². The molecule has 0 aromatic heterocycles. The predicted molar refractivity (Wildman–Crippen MR) is 81.1 cm³/mol. The molecule has 1 unspecified atom stereocenters. The van der Waals surface area contributed by atoms with Crippen molar-refractivity contribution in [2.45, 2.75) is 32.4 Å². The van der Waals surface area contributed by atoms with Crippen LogP contribution in [-0.2, 0) is 0 Å². The molecule has 0 aliphatic heterocycles. The Morgan fingerprint density at radius 3 is 2.76 bits per heavy atom. The number of nitriles is 1. The molecule has 2 N–H and O–H groups in total. The van der Waals surface area contributed by atoms with E-state index in [1.807, 2.05) is 0 Å². The van der Waals surface area contributed by atoms with Crippen molar-refractivity contribution in [1.29, 1.82) is 5.26 Å². The maximum Gasteiger partial charge on any atom is 0.120 e. The summed E-state index contributed by atoms with van der Waals surface area (Å²) in [6.45, 7) is 5.68. The van der Waals surface area contributed by atoms with Gasteiger partial charge in [0.15, 0.2) is 0 Å². The molecule has 0 aliphatic carbocycles. The summed E-state index contributed by atoms with van der Waals surface area (Å²) in [4.78, 5) is 2.11. The molecule has 1 aromatic carbocycles. The van der Waals surface area contributed by atoms with Gasteiger partial charge in [0.2, 0.25) is 0 Å². The van der Waals surface area contributed by atoms with Crippen LogP contribution >= 0.6 is 0 Å². The quantitative estimate of drug-likeness (QED) is 0.719. The Morgan fingerprint density at radius 1 is 1.38 bits per heavy atom. The lowest BCUT2D eigenvalue weighted by Gasteiger charge is -2.28. The van der Waals surface area contributed by atoms with Crippen molar-refractivity contribution in [3.05, 3.63) is 29.8 Å². The van der Waals surface area contributed by atoms with Crippen molar-refractivity contribution in [2.75, 3.05) is 26.3 Å². The van der Waals surface area contributed by atoms with Crippen LogP contribution in [0.2, 0.25) is 0 Å². The van der Waals surface area contributed by atoms with Gasteiger partial charge in [-0.2, -0.15) is 5.26 Å². The Labute approximate surface area is 126 Å². The summed E-state index contributed by atoms with van der Waals surface area (Å²) >= 11 is 0. The first kappa shape index (κ1) is 17.4. The van der Waals surface area contributed by atoms with Crippen molar-refractivity contribution in [2.24, 2.45) is 0 Å². The Morgan fingerprint density at radius 2 is 2.14 bits per heavy atom. The number of aliphatic hydroxyl groups excluding tert-OH is 2. The van der Waals surface area contributed by atoms with Crippen LogP contribution in [-0.4, -0.2) is 53.6 Å². The van der Waals surface area contributed by atoms with Gasteiger partial charge >= 0.3 is 0 Å². The third-order valence-electron chi connectivity index (χ3n) is 3.18. The van der Waals surface area contributed by atoms with Crippen LogP contribution in [0, 0.1) is 11.3 Å². The normalized spacial score (nSPS) is 12.4. The lowest BCUT2D eigenvalue weighted by Crippen LogP contribution is -2.40. The number of hydrogen-bond acceptors (Lipinski definition) is 5. The van der Waals surface area contributed by atoms with E-state index in [0.29, 0.717) is 30.3 Å². The second-order valence-electron chi connectivity index (χ2n) is 5.27. The summed E-state index contributed by atoms with van der Waals surface area (Å²) in [5, 5.41) is 27.8. The molecule has 5 heteroatoms. The summed E-state index contributed by atoms with van der Waals surface area (Å²) in [6.07, 6.45) is 0.0764. The first-order chi connectivity index (χ1) is 10.1. The van der Waals surface area contributed by atoms with E-state index in [2.05, 4.69) is 24.8 Å². The monoisotopic (exact) mass is 292 g/mol. The molecule has 116 valence electrons. The molecule has 0 amide bonds. The lowest BCUT2D eigenvalue weighted by molar-refractivity contribution is 0.0549. The van der Waals surface area contributed by atoms with Crippen molar-refractivity contribution >= 4 is 0 Å². The average Bonchev–Trinajstić information content (AvgIpc) is 2.49. The molecule has 21 heavy (non-hydrogen) atoms. The molecular weight excluding hydrogens is 268 g/mol. The van der Waals surface area contributed by atoms with Crippen molar-refractivity contribution < 1.29 is 14.9 Å². The highest BCUT2D eigenvalue weighted by Crippen LogP contribution is 2.13. The van der Waals surface area contributed by atoms with Crippen LogP contribution in [0.1, 0.15) is 25.8 Å². The minimum atomic E-state index is -0.614. The van der Waals surface area contributed by atoms with E-state index in [0.717, 1.165) is 6.54 Å². The maximum atomic E-state index is 10.1. The van der Waals surface area contributed by atoms with Gasteiger partial charge in [-0.1, -0.05) is 6.07 Å². The van der Waals surface area contributed by atoms with Crippen molar-refractivity contribution in [3.63, 3.8) is 0 Å². The first-order valence-electron chi connectivity index (χ1n) is 7.22. The highest BCUT2D eigenvalue weighted by Gasteiger charge is 2.15. The minimum absolute atomic E-state index is 0.150. The molecule has 1 aromatic rings. The van der Waals surface area contributed by atoms with Crippen LogP contribution in [0.15, 0.2) is 24.3 Å². The van der Waals surface area contributed by atoms with E-state index in [-0.39, 0.29) is 13.2 Å². The zero-order valence-electron chi connectivity index (χ0n) is 12.7. The topological polar surface area (TPSA) is 76.7 Å². The fraction of sp³-hybridized carbons (Fsp3) is 0.562. The predicted octanol–water partition coefficient (Wildman–Crippen LogP) is 1.39. The molecule has 1 rings (SSSR count). The van der Waals surface area contributed by atoms with Crippen LogP contribution in [0.3, 0.4) is 0 Å². The van der Waals surface area contributed by atoms with Gasteiger partial charge in [-0.25, -0.2) is 0 Å². The number of aliphatic hydroxyl groups is 2. The maximum absolute atomic E-state index is 10.1. The highest BCUT2D eigenvalue weighted by atomic mass is 16.5. The highest BCUT2D eigenvalue weighted by molar-refractivity contribution is 5.36. The largest absolute Gasteiger partial charge is 0.491 e. The smallest absolute Gasteiger partial charge is 0.120 e. The molecule has 0 saturated heterocycles. The van der Waals surface area contributed by atoms with Gasteiger partial charge in [-0.3, -0.25) is 4.90 Å². The van der Waals surface area contributed by atoms with Gasteiger partial charge in [-0.15, -0.1) is 0 Å². The molecule has 5 nitrogen and oxygen atoms in total. The van der Waals surface area contributed by atoms with Gasteiger partial charge in [0.05, 0.1) is 11.6 Å². The molecular formula is C16H24N2O3. The summed E-state index contributed by atoms with van der Waals surface area (Å²) < 4.78 is 5.52. The SMILES string of the molecule is CC(C)N(CCCO)CC(O)COc1cccc(C#N)c1. The third kappa shape index (κ3) is 6.58. The summed E-state index contributed by atoms with van der Waals surface area (Å²) in [5.41, 5.74) is 0.536. The van der Waals surface area contributed by atoms with E-state index in [1.165, 1.54) is 0 Å². The van der Waals surface area contributed by atoms with Crippen LogP contribution in [0.5, 0.6) is 5.75 Å². The summed E-state index contributed by atoms with van der Waals surface area (Å²) in [6, 6.07) is 9.22. The van der Waals surface area contributed by atoms with E-state index in [9.17, 15) is 5.11 Å². The first-order valence-corrected chi connectivity index (χ1v) is 7.22. The molecule has 0 bridgehead atoms. The fourth-order valence-corrected chi connectivity index (χ4v) is 2.01. The van der Waals surface area contributed by atoms with Crippen LogP contribution in [0.4, 0.5) is 0 Å². The van der Waals surface area contributed by atoms with E-state index >= 15 is 0 Å². The number of ether oxygens (including phenoxy) is 1. The lowest BCUT2D eigenvalue weighted by atomic mass is 10.2. The summed E-state index contributed by atoms with van der Waals surface area (Å²) in [7, 11) is 0. The Hall–Kier alpha value is -1.61. The number of nitrogens with zero attached hydrogens (tertiary/aromatic N) is 2. The Bertz CT molecular complexity index is 457. The molecule has 1 atom stereocenters. The standard InChI is InChI=1S/C16H24N2O3/c1-13(2)18(7-4-8-19)11-15(20)12-21-16-6-3-5-14(9-16)10-17/h3,5-6,9,13,15,19-20H,4,7-8,11-12H2,1-2H3. The number of hydrogen-bond donors (Lipinski definition) is 2. The molecule has 0 fully saturated rings. The van der Waals surface area contributed by atoms with E-state index in [4.69, 9.17) is 15.1 Å². The second-order valence-corrected chi connectivity index (χ2v) is 5.27. The van der Waals surface area contributed by atoms with Crippen LogP contribution in [0.25, 0.3) is 0 Å².